The van der Waals surface area contributed by atoms with Gasteiger partial charge in [0.2, 0.25) is 0 Å². The standard InChI is InChI=1S/C28H32BrN3O4/c1-27(2,3)32-26(33)36-24-14-23(15-24)34-21-10-6-18(7-11-21)28(4,5)19-8-12-22(13-9-19)35-25-30-16-20(29)17-31-25/h6-13,16-17,23-24H,14-15H2,1-5H3,(H,32,33). The molecule has 1 saturated carbocycles. The molecule has 1 heterocycles. The minimum Gasteiger partial charge on any atom is -0.490 e. The zero-order chi connectivity index (χ0) is 25.9. The van der Waals surface area contributed by atoms with E-state index in [1.807, 2.05) is 45.0 Å². The maximum Gasteiger partial charge on any atom is 0.407 e. The van der Waals surface area contributed by atoms with Crippen molar-refractivity contribution in [2.45, 2.75) is 70.6 Å². The quantitative estimate of drug-likeness (QED) is 0.346. The second kappa shape index (κ2) is 10.5. The van der Waals surface area contributed by atoms with Crippen molar-refractivity contribution in [2.75, 3.05) is 0 Å². The summed E-state index contributed by atoms with van der Waals surface area (Å²) in [5.41, 5.74) is 1.82. The van der Waals surface area contributed by atoms with Crippen LogP contribution in [0, 0.1) is 0 Å². The first kappa shape index (κ1) is 25.9. The number of benzene rings is 2. The Balaban J connectivity index is 1.30. The van der Waals surface area contributed by atoms with Gasteiger partial charge in [0, 0.05) is 36.2 Å². The number of aromatic nitrogens is 2. The number of alkyl carbamates (subject to hydrolysis) is 1. The van der Waals surface area contributed by atoms with Gasteiger partial charge in [-0.15, -0.1) is 0 Å². The summed E-state index contributed by atoms with van der Waals surface area (Å²) in [7, 11) is 0. The number of nitrogens with zero attached hydrogens (tertiary/aromatic N) is 2. The van der Waals surface area contributed by atoms with Gasteiger partial charge in [0.15, 0.2) is 0 Å². The van der Waals surface area contributed by atoms with Crippen molar-refractivity contribution in [3.8, 4) is 17.5 Å². The zero-order valence-corrected chi connectivity index (χ0v) is 22.8. The normalized spacial score (nSPS) is 17.6. The maximum atomic E-state index is 11.9. The molecule has 190 valence electrons. The smallest absolute Gasteiger partial charge is 0.407 e. The predicted octanol–water partition coefficient (Wildman–Crippen LogP) is 6.79. The molecular formula is C28H32BrN3O4. The molecule has 7 nitrogen and oxygen atoms in total. The number of carbonyl (C=O) groups is 1. The van der Waals surface area contributed by atoms with Crippen molar-refractivity contribution in [3.63, 3.8) is 0 Å². The monoisotopic (exact) mass is 553 g/mol. The summed E-state index contributed by atoms with van der Waals surface area (Å²) in [5.74, 6) is 1.50. The fourth-order valence-electron chi connectivity index (χ4n) is 3.90. The molecule has 4 rings (SSSR count). The average molecular weight is 554 g/mol. The highest BCUT2D eigenvalue weighted by Crippen LogP contribution is 2.35. The summed E-state index contributed by atoms with van der Waals surface area (Å²) in [6, 6.07) is 16.5. The van der Waals surface area contributed by atoms with E-state index in [0.29, 0.717) is 24.6 Å². The molecule has 1 aliphatic rings. The van der Waals surface area contributed by atoms with Gasteiger partial charge in [0.25, 0.3) is 0 Å². The van der Waals surface area contributed by atoms with Crippen molar-refractivity contribution < 1.29 is 19.0 Å². The van der Waals surface area contributed by atoms with E-state index in [4.69, 9.17) is 14.2 Å². The molecule has 3 aromatic rings. The molecule has 36 heavy (non-hydrogen) atoms. The van der Waals surface area contributed by atoms with Crippen LogP contribution in [-0.4, -0.2) is 33.8 Å². The topological polar surface area (TPSA) is 82.6 Å². The Morgan fingerprint density at radius 1 is 0.861 bits per heavy atom. The molecule has 8 heteroatoms. The summed E-state index contributed by atoms with van der Waals surface area (Å²) >= 11 is 3.32. The Kier molecular flexibility index (Phi) is 7.54. The van der Waals surface area contributed by atoms with Crippen molar-refractivity contribution in [1.82, 2.24) is 15.3 Å². The molecule has 0 atom stereocenters. The van der Waals surface area contributed by atoms with Crippen molar-refractivity contribution in [3.05, 3.63) is 76.5 Å². The molecule has 0 bridgehead atoms. The second-order valence-corrected chi connectivity index (χ2v) is 11.5. The summed E-state index contributed by atoms with van der Waals surface area (Å²) in [5, 5.41) is 2.82. The lowest BCUT2D eigenvalue weighted by atomic mass is 9.78. The predicted molar refractivity (Wildman–Crippen MR) is 142 cm³/mol. The fourth-order valence-corrected chi connectivity index (χ4v) is 4.11. The molecule has 1 amide bonds. The Labute approximate surface area is 220 Å². The first-order valence-corrected chi connectivity index (χ1v) is 12.8. The van der Waals surface area contributed by atoms with E-state index in [1.165, 1.54) is 5.56 Å². The largest absolute Gasteiger partial charge is 0.490 e. The van der Waals surface area contributed by atoms with Crippen LogP contribution in [0.15, 0.2) is 65.4 Å². The summed E-state index contributed by atoms with van der Waals surface area (Å²) in [6.45, 7) is 10.2. The molecule has 0 saturated heterocycles. The van der Waals surface area contributed by atoms with Gasteiger partial charge in [-0.1, -0.05) is 38.1 Å². The third-order valence-electron chi connectivity index (χ3n) is 6.06. The molecular weight excluding hydrogens is 522 g/mol. The third kappa shape index (κ3) is 6.75. The first-order chi connectivity index (χ1) is 17.0. The molecule has 2 aromatic carbocycles. The van der Waals surface area contributed by atoms with Gasteiger partial charge in [-0.25, -0.2) is 14.8 Å². The van der Waals surface area contributed by atoms with Crippen LogP contribution in [0.5, 0.6) is 17.5 Å². The van der Waals surface area contributed by atoms with Crippen LogP contribution in [0.3, 0.4) is 0 Å². The van der Waals surface area contributed by atoms with Crippen LogP contribution < -0.4 is 14.8 Å². The van der Waals surface area contributed by atoms with E-state index in [2.05, 4.69) is 69.3 Å². The fraction of sp³-hybridized carbons (Fsp3) is 0.393. The van der Waals surface area contributed by atoms with E-state index < -0.39 is 0 Å². The van der Waals surface area contributed by atoms with Crippen molar-refractivity contribution in [2.24, 2.45) is 0 Å². The van der Waals surface area contributed by atoms with Gasteiger partial charge in [-0.05, 0) is 72.1 Å². The lowest BCUT2D eigenvalue weighted by molar-refractivity contribution is -0.0243. The number of halogens is 1. The Morgan fingerprint density at radius 2 is 1.39 bits per heavy atom. The van der Waals surface area contributed by atoms with Gasteiger partial charge in [0.1, 0.15) is 23.7 Å². The van der Waals surface area contributed by atoms with Gasteiger partial charge < -0.3 is 19.5 Å². The van der Waals surface area contributed by atoms with E-state index in [0.717, 1.165) is 15.8 Å². The maximum absolute atomic E-state index is 11.9. The van der Waals surface area contributed by atoms with Gasteiger partial charge in [-0.2, -0.15) is 0 Å². The molecule has 1 aliphatic carbocycles. The molecule has 0 unspecified atom stereocenters. The van der Waals surface area contributed by atoms with Crippen molar-refractivity contribution >= 4 is 22.0 Å². The van der Waals surface area contributed by atoms with Crippen LogP contribution in [0.1, 0.15) is 58.6 Å². The summed E-state index contributed by atoms with van der Waals surface area (Å²) in [6.07, 6.45) is 4.28. The summed E-state index contributed by atoms with van der Waals surface area (Å²) < 4.78 is 18.1. The number of hydrogen-bond acceptors (Lipinski definition) is 6. The van der Waals surface area contributed by atoms with Crippen LogP contribution in [0.25, 0.3) is 0 Å². The number of nitrogens with one attached hydrogen (secondary N) is 1. The van der Waals surface area contributed by atoms with Crippen LogP contribution in [-0.2, 0) is 10.2 Å². The lowest BCUT2D eigenvalue weighted by Crippen LogP contribution is -2.46. The van der Waals surface area contributed by atoms with Gasteiger partial charge in [-0.3, -0.25) is 0 Å². The second-order valence-electron chi connectivity index (χ2n) is 10.6. The van der Waals surface area contributed by atoms with Gasteiger partial charge in [0.05, 0.1) is 4.47 Å². The molecule has 0 spiro atoms. The van der Waals surface area contributed by atoms with Crippen LogP contribution >= 0.6 is 15.9 Å². The zero-order valence-electron chi connectivity index (χ0n) is 21.2. The summed E-state index contributed by atoms with van der Waals surface area (Å²) in [4.78, 5) is 20.2. The van der Waals surface area contributed by atoms with Gasteiger partial charge >= 0.3 is 12.1 Å². The lowest BCUT2D eigenvalue weighted by Gasteiger charge is -2.35. The molecule has 1 fully saturated rings. The van der Waals surface area contributed by atoms with E-state index in [-0.39, 0.29) is 29.3 Å². The highest BCUT2D eigenvalue weighted by atomic mass is 79.9. The van der Waals surface area contributed by atoms with Crippen molar-refractivity contribution in [1.29, 1.82) is 0 Å². The highest BCUT2D eigenvalue weighted by Gasteiger charge is 2.34. The minimum absolute atomic E-state index is 0.0542. The third-order valence-corrected chi connectivity index (χ3v) is 6.47. The first-order valence-electron chi connectivity index (χ1n) is 12.0. The number of hydrogen-bond donors (Lipinski definition) is 1. The Morgan fingerprint density at radius 3 is 1.92 bits per heavy atom. The molecule has 1 N–H and O–H groups in total. The molecule has 0 aliphatic heterocycles. The Bertz CT molecular complexity index is 1170. The average Bonchev–Trinajstić information content (AvgIpc) is 2.79. The SMILES string of the molecule is CC(C)(C)NC(=O)OC1CC(Oc2ccc(C(C)(C)c3ccc(Oc4ncc(Br)cn4)cc3)cc2)C1. The van der Waals surface area contributed by atoms with E-state index in [9.17, 15) is 4.79 Å². The number of carbonyl (C=O) groups excluding carboxylic acids is 1. The Hall–Kier alpha value is -3.13. The highest BCUT2D eigenvalue weighted by molar-refractivity contribution is 9.10. The molecule has 0 radical (unpaired) electrons. The number of ether oxygens (including phenoxy) is 3. The van der Waals surface area contributed by atoms with E-state index >= 15 is 0 Å². The van der Waals surface area contributed by atoms with Crippen LogP contribution in [0.2, 0.25) is 0 Å². The van der Waals surface area contributed by atoms with E-state index in [1.54, 1.807) is 12.4 Å². The van der Waals surface area contributed by atoms with Crippen LogP contribution in [0.4, 0.5) is 4.79 Å². The number of amides is 1. The molecule has 1 aromatic heterocycles. The number of rotatable bonds is 7. The minimum atomic E-state index is -0.376.